The maximum Gasteiger partial charge on any atom is -0.00773 e. The maximum atomic E-state index is 5.51. The molecule has 0 aliphatic carbocycles. The van der Waals surface area contributed by atoms with E-state index in [1.165, 1.54) is 103 Å². The molecule has 21 heavy (non-hydrogen) atoms. The van der Waals surface area contributed by atoms with Crippen LogP contribution in [0.1, 0.15) is 117 Å². The van der Waals surface area contributed by atoms with Crippen molar-refractivity contribution in [3.63, 3.8) is 0 Å². The first-order valence-corrected chi connectivity index (χ1v) is 10.0. The van der Waals surface area contributed by atoms with Gasteiger partial charge in [0, 0.05) is 0 Å². The van der Waals surface area contributed by atoms with Crippen LogP contribution >= 0.6 is 0 Å². The van der Waals surface area contributed by atoms with Crippen LogP contribution in [0.2, 0.25) is 0 Å². The van der Waals surface area contributed by atoms with Crippen molar-refractivity contribution >= 4 is 0 Å². The van der Waals surface area contributed by atoms with Gasteiger partial charge in [0.05, 0.1) is 0 Å². The monoisotopic (exact) mass is 297 g/mol. The molecule has 0 amide bonds. The maximum absolute atomic E-state index is 5.51. The molecule has 0 unspecified atom stereocenters. The fourth-order valence-electron chi connectivity index (χ4n) is 3.23. The van der Waals surface area contributed by atoms with Crippen LogP contribution in [0.4, 0.5) is 0 Å². The molecule has 0 spiro atoms. The molecule has 0 radical (unpaired) electrons. The molecule has 0 aromatic carbocycles. The second-order valence-electron chi connectivity index (χ2n) is 6.91. The normalized spacial score (nSPS) is 11.4. The predicted octanol–water partition coefficient (Wildman–Crippen LogP) is 6.84. The first-order chi connectivity index (χ1) is 10.3. The summed E-state index contributed by atoms with van der Waals surface area (Å²) in [4.78, 5) is 0. The molecule has 0 aromatic rings. The van der Waals surface area contributed by atoms with Crippen molar-refractivity contribution < 1.29 is 0 Å². The molecule has 0 atom stereocenters. The zero-order valence-corrected chi connectivity index (χ0v) is 15.2. The van der Waals surface area contributed by atoms with E-state index in [1.807, 2.05) is 0 Å². The zero-order valence-electron chi connectivity index (χ0n) is 15.2. The minimum absolute atomic E-state index is 0.872. The van der Waals surface area contributed by atoms with Crippen LogP contribution in [0.5, 0.6) is 0 Å². The molecule has 2 N–H and O–H groups in total. The molecule has 0 aliphatic heterocycles. The van der Waals surface area contributed by atoms with Crippen molar-refractivity contribution in [3.05, 3.63) is 0 Å². The van der Waals surface area contributed by atoms with Crippen molar-refractivity contribution in [2.45, 2.75) is 117 Å². The van der Waals surface area contributed by atoms with E-state index in [0.717, 1.165) is 12.5 Å². The molecule has 128 valence electrons. The van der Waals surface area contributed by atoms with Gasteiger partial charge in [-0.25, -0.2) is 0 Å². The predicted molar refractivity (Wildman–Crippen MR) is 97.8 cm³/mol. The lowest BCUT2D eigenvalue weighted by atomic mass is 9.90. The summed E-state index contributed by atoms with van der Waals surface area (Å²) < 4.78 is 0. The number of nitrogens with two attached hydrogens (primary N) is 1. The van der Waals surface area contributed by atoms with Gasteiger partial charge in [-0.2, -0.15) is 0 Å². The third kappa shape index (κ3) is 16.2. The summed E-state index contributed by atoms with van der Waals surface area (Å²) in [5, 5.41) is 0. The highest BCUT2D eigenvalue weighted by molar-refractivity contribution is 4.60. The Bertz CT molecular complexity index is 171. The Balaban J connectivity index is 3.35. The second kappa shape index (κ2) is 18.0. The lowest BCUT2D eigenvalue weighted by Gasteiger charge is -2.16. The molecular formula is C20H43N. The highest BCUT2D eigenvalue weighted by Gasteiger charge is 2.07. The van der Waals surface area contributed by atoms with Crippen LogP contribution in [0.25, 0.3) is 0 Å². The van der Waals surface area contributed by atoms with Gasteiger partial charge in [-0.15, -0.1) is 0 Å². The third-order valence-corrected chi connectivity index (χ3v) is 4.75. The average molecular weight is 298 g/mol. The van der Waals surface area contributed by atoms with E-state index in [0.29, 0.717) is 0 Å². The quantitative estimate of drug-likeness (QED) is 0.292. The third-order valence-electron chi connectivity index (χ3n) is 4.75. The Labute approximate surface area is 135 Å². The molecule has 0 bridgehead atoms. The number of hydrogen-bond donors (Lipinski definition) is 1. The van der Waals surface area contributed by atoms with Gasteiger partial charge in [0.15, 0.2) is 0 Å². The van der Waals surface area contributed by atoms with Crippen molar-refractivity contribution in [3.8, 4) is 0 Å². The first kappa shape index (κ1) is 21.0. The zero-order chi connectivity index (χ0) is 15.6. The number of hydrogen-bond acceptors (Lipinski definition) is 1. The SMILES string of the molecule is CCCCC(CCCC)CCCCCCCCCCCN. The summed E-state index contributed by atoms with van der Waals surface area (Å²) in [6.07, 6.45) is 22.8. The number of rotatable bonds is 17. The highest BCUT2D eigenvalue weighted by atomic mass is 14.5. The minimum Gasteiger partial charge on any atom is -0.330 e. The number of unbranched alkanes of at least 4 members (excludes halogenated alkanes) is 10. The standard InChI is InChI=1S/C20H43N/c1-3-5-16-20(17-6-4-2)18-14-12-10-8-7-9-11-13-15-19-21/h20H,3-19,21H2,1-2H3. The van der Waals surface area contributed by atoms with Crippen LogP contribution in [0.15, 0.2) is 0 Å². The largest absolute Gasteiger partial charge is 0.330 e. The first-order valence-electron chi connectivity index (χ1n) is 10.0. The van der Waals surface area contributed by atoms with E-state index in [-0.39, 0.29) is 0 Å². The van der Waals surface area contributed by atoms with Crippen LogP contribution in [0.3, 0.4) is 0 Å². The molecule has 0 aromatic heterocycles. The average Bonchev–Trinajstić information content (AvgIpc) is 2.51. The summed E-state index contributed by atoms with van der Waals surface area (Å²) >= 11 is 0. The molecule has 0 rings (SSSR count). The molecule has 0 aliphatic rings. The van der Waals surface area contributed by atoms with Crippen molar-refractivity contribution in [2.75, 3.05) is 6.54 Å². The molecule has 0 heterocycles. The van der Waals surface area contributed by atoms with Gasteiger partial charge >= 0.3 is 0 Å². The Morgan fingerprint density at radius 3 is 1.33 bits per heavy atom. The smallest absolute Gasteiger partial charge is 0.00773 e. The van der Waals surface area contributed by atoms with Crippen molar-refractivity contribution in [1.82, 2.24) is 0 Å². The lowest BCUT2D eigenvalue weighted by molar-refractivity contribution is 0.376. The van der Waals surface area contributed by atoms with Gasteiger partial charge in [0.2, 0.25) is 0 Å². The Morgan fingerprint density at radius 1 is 0.524 bits per heavy atom. The Hall–Kier alpha value is -0.0400. The van der Waals surface area contributed by atoms with Gasteiger partial charge in [-0.1, -0.05) is 110 Å². The fourth-order valence-corrected chi connectivity index (χ4v) is 3.23. The topological polar surface area (TPSA) is 26.0 Å². The summed E-state index contributed by atoms with van der Waals surface area (Å²) in [7, 11) is 0. The van der Waals surface area contributed by atoms with Gasteiger partial charge < -0.3 is 5.73 Å². The van der Waals surface area contributed by atoms with Crippen molar-refractivity contribution in [2.24, 2.45) is 11.7 Å². The van der Waals surface area contributed by atoms with Gasteiger partial charge in [-0.05, 0) is 18.9 Å². The molecule has 0 saturated heterocycles. The lowest BCUT2D eigenvalue weighted by Crippen LogP contribution is -2.01. The molecule has 1 heteroatoms. The minimum atomic E-state index is 0.872. The van der Waals surface area contributed by atoms with E-state index in [2.05, 4.69) is 13.8 Å². The highest BCUT2D eigenvalue weighted by Crippen LogP contribution is 2.23. The molecule has 0 fully saturated rings. The summed E-state index contributed by atoms with van der Waals surface area (Å²) in [5.41, 5.74) is 5.51. The Morgan fingerprint density at radius 2 is 0.905 bits per heavy atom. The molecule has 0 saturated carbocycles. The van der Waals surface area contributed by atoms with Crippen LogP contribution in [0, 0.1) is 5.92 Å². The van der Waals surface area contributed by atoms with Crippen molar-refractivity contribution in [1.29, 1.82) is 0 Å². The summed E-state index contributed by atoms with van der Waals surface area (Å²) in [6, 6.07) is 0. The van der Waals surface area contributed by atoms with E-state index in [1.54, 1.807) is 0 Å². The van der Waals surface area contributed by atoms with Crippen LogP contribution in [-0.4, -0.2) is 6.54 Å². The van der Waals surface area contributed by atoms with E-state index >= 15 is 0 Å². The van der Waals surface area contributed by atoms with Crippen LogP contribution in [-0.2, 0) is 0 Å². The Kier molecular flexibility index (Phi) is 18.0. The van der Waals surface area contributed by atoms with E-state index < -0.39 is 0 Å². The second-order valence-corrected chi connectivity index (χ2v) is 6.91. The van der Waals surface area contributed by atoms with Gasteiger partial charge in [0.25, 0.3) is 0 Å². The molecule has 1 nitrogen and oxygen atoms in total. The van der Waals surface area contributed by atoms with E-state index in [4.69, 9.17) is 5.73 Å². The fraction of sp³-hybridized carbons (Fsp3) is 1.00. The van der Waals surface area contributed by atoms with Gasteiger partial charge in [-0.3, -0.25) is 0 Å². The summed E-state index contributed by atoms with van der Waals surface area (Å²) in [5.74, 6) is 1.03. The van der Waals surface area contributed by atoms with E-state index in [9.17, 15) is 0 Å². The summed E-state index contributed by atoms with van der Waals surface area (Å²) in [6.45, 7) is 5.52. The van der Waals surface area contributed by atoms with Gasteiger partial charge in [0.1, 0.15) is 0 Å². The molecular weight excluding hydrogens is 254 g/mol. The van der Waals surface area contributed by atoms with Crippen LogP contribution < -0.4 is 5.73 Å².